The molecule has 3 rings (SSSR count). The summed E-state index contributed by atoms with van der Waals surface area (Å²) in [7, 11) is 3.32. The third kappa shape index (κ3) is 6.75. The summed E-state index contributed by atoms with van der Waals surface area (Å²) >= 11 is 0. The summed E-state index contributed by atoms with van der Waals surface area (Å²) in [5, 5.41) is 3.00. The van der Waals surface area contributed by atoms with Gasteiger partial charge in [-0.15, -0.1) is 0 Å². The van der Waals surface area contributed by atoms with Crippen LogP contribution >= 0.6 is 0 Å². The average molecular weight is 429 g/mol. The zero-order valence-electron chi connectivity index (χ0n) is 18.0. The highest BCUT2D eigenvalue weighted by Gasteiger charge is 2.22. The van der Waals surface area contributed by atoms with E-state index in [0.29, 0.717) is 37.0 Å². The van der Waals surface area contributed by atoms with E-state index in [2.05, 4.69) is 15.2 Å². The van der Waals surface area contributed by atoms with Gasteiger partial charge in [-0.25, -0.2) is 14.2 Å². The Labute approximate surface area is 182 Å². The highest BCUT2D eigenvalue weighted by molar-refractivity contribution is 5.97. The zero-order chi connectivity index (χ0) is 22.2. The number of piperidine rings is 1. The van der Waals surface area contributed by atoms with Crippen LogP contribution in [0.25, 0.3) is 0 Å². The lowest BCUT2D eigenvalue weighted by molar-refractivity contribution is 0.0896. The summed E-state index contributed by atoms with van der Waals surface area (Å²) in [4.78, 5) is 32.6. The van der Waals surface area contributed by atoms with E-state index in [1.807, 2.05) is 6.07 Å². The lowest BCUT2D eigenvalue weighted by atomic mass is 9.96. The smallest absolute Gasteiger partial charge is 0.317 e. The van der Waals surface area contributed by atoms with E-state index in [0.717, 1.165) is 31.5 Å². The molecule has 8 heteroatoms. The second kappa shape index (κ2) is 10.9. The van der Waals surface area contributed by atoms with Crippen LogP contribution in [0.1, 0.15) is 28.8 Å². The molecule has 2 heterocycles. The van der Waals surface area contributed by atoms with E-state index in [4.69, 9.17) is 4.74 Å². The lowest BCUT2D eigenvalue weighted by Gasteiger charge is -2.31. The fourth-order valence-corrected chi connectivity index (χ4v) is 3.62. The number of Topliss-reactive ketones (excluding diaryl/α,β-unsaturated/α-hetero) is 1. The number of halogens is 1. The maximum absolute atomic E-state index is 13.0. The SMILES string of the molecule is COc1ccc(CN(C)C(=O)NCC2CCN(CC(=O)c3ccc(F)cc3)CC2)cn1. The number of rotatable bonds is 8. The molecule has 7 nitrogen and oxygen atoms in total. The van der Waals surface area contributed by atoms with Crippen LogP contribution in [0.4, 0.5) is 9.18 Å². The topological polar surface area (TPSA) is 74.8 Å². The van der Waals surface area contributed by atoms with Gasteiger partial charge in [0.05, 0.1) is 13.7 Å². The molecule has 1 aliphatic rings. The number of urea groups is 1. The molecule has 31 heavy (non-hydrogen) atoms. The van der Waals surface area contributed by atoms with Crippen molar-refractivity contribution in [3.8, 4) is 5.88 Å². The van der Waals surface area contributed by atoms with Crippen molar-refractivity contribution in [2.45, 2.75) is 19.4 Å². The monoisotopic (exact) mass is 428 g/mol. The van der Waals surface area contributed by atoms with Crippen LogP contribution in [0, 0.1) is 11.7 Å². The molecule has 0 bridgehead atoms. The molecular weight excluding hydrogens is 399 g/mol. The lowest BCUT2D eigenvalue weighted by Crippen LogP contribution is -2.43. The Morgan fingerprint density at radius 3 is 2.52 bits per heavy atom. The van der Waals surface area contributed by atoms with E-state index >= 15 is 0 Å². The molecule has 1 aromatic heterocycles. The van der Waals surface area contributed by atoms with E-state index in [9.17, 15) is 14.0 Å². The molecule has 0 unspecified atom stereocenters. The van der Waals surface area contributed by atoms with Gasteiger partial charge >= 0.3 is 6.03 Å². The summed E-state index contributed by atoms with van der Waals surface area (Å²) in [6.07, 6.45) is 3.54. The first-order chi connectivity index (χ1) is 14.9. The number of benzene rings is 1. The Morgan fingerprint density at radius 2 is 1.90 bits per heavy atom. The Balaban J connectivity index is 1.36. The number of hydrogen-bond donors (Lipinski definition) is 1. The van der Waals surface area contributed by atoms with Crippen molar-refractivity contribution in [2.24, 2.45) is 5.92 Å². The molecule has 0 atom stereocenters. The van der Waals surface area contributed by atoms with Gasteiger partial charge in [0.1, 0.15) is 5.82 Å². The van der Waals surface area contributed by atoms with Gasteiger partial charge in [-0.05, 0) is 61.7 Å². The summed E-state index contributed by atoms with van der Waals surface area (Å²) in [5.41, 5.74) is 1.46. The Kier molecular flexibility index (Phi) is 7.94. The van der Waals surface area contributed by atoms with Crippen LogP contribution in [-0.4, -0.2) is 66.9 Å². The molecule has 0 spiro atoms. The fourth-order valence-electron chi connectivity index (χ4n) is 3.62. The molecule has 2 aromatic rings. The Bertz CT molecular complexity index is 865. The quantitative estimate of drug-likeness (QED) is 0.655. The van der Waals surface area contributed by atoms with Crippen molar-refractivity contribution in [2.75, 3.05) is 40.3 Å². The van der Waals surface area contributed by atoms with Gasteiger partial charge in [-0.2, -0.15) is 0 Å². The molecule has 0 saturated carbocycles. The molecule has 1 N–H and O–H groups in total. The van der Waals surface area contributed by atoms with Gasteiger partial charge in [0.15, 0.2) is 5.78 Å². The molecule has 1 aliphatic heterocycles. The standard InChI is InChI=1S/C23H29FN4O3/c1-27(15-18-3-8-22(31-2)25-14-18)23(30)26-13-17-9-11-28(12-10-17)16-21(29)19-4-6-20(24)7-5-19/h3-8,14,17H,9-13,15-16H2,1-2H3,(H,26,30). The summed E-state index contributed by atoms with van der Waals surface area (Å²) in [6, 6.07) is 9.21. The van der Waals surface area contributed by atoms with Gasteiger partial charge in [-0.1, -0.05) is 6.07 Å². The molecular formula is C23H29FN4O3. The minimum atomic E-state index is -0.342. The molecule has 1 aromatic carbocycles. The number of methoxy groups -OCH3 is 1. The predicted octanol–water partition coefficient (Wildman–Crippen LogP) is 2.97. The second-order valence-electron chi connectivity index (χ2n) is 7.90. The number of ketones is 1. The highest BCUT2D eigenvalue weighted by atomic mass is 19.1. The molecule has 166 valence electrons. The van der Waals surface area contributed by atoms with Crippen LogP contribution in [-0.2, 0) is 6.54 Å². The van der Waals surface area contributed by atoms with Crippen molar-refractivity contribution >= 4 is 11.8 Å². The highest BCUT2D eigenvalue weighted by Crippen LogP contribution is 2.17. The minimum absolute atomic E-state index is 0.00130. The Morgan fingerprint density at radius 1 is 1.19 bits per heavy atom. The molecule has 2 amide bonds. The van der Waals surface area contributed by atoms with E-state index in [-0.39, 0.29) is 17.6 Å². The van der Waals surface area contributed by atoms with Gasteiger partial charge < -0.3 is 15.0 Å². The normalized spacial score (nSPS) is 14.8. The van der Waals surface area contributed by atoms with Crippen LogP contribution in [0.3, 0.4) is 0 Å². The number of aromatic nitrogens is 1. The van der Waals surface area contributed by atoms with Gasteiger partial charge in [0.25, 0.3) is 0 Å². The number of carbonyl (C=O) groups is 2. The van der Waals surface area contributed by atoms with Crippen LogP contribution in [0.5, 0.6) is 5.88 Å². The number of nitrogens with zero attached hydrogens (tertiary/aromatic N) is 3. The molecule has 0 radical (unpaired) electrons. The van der Waals surface area contributed by atoms with E-state index in [1.165, 1.54) is 24.3 Å². The number of pyridine rings is 1. The number of ether oxygens (including phenoxy) is 1. The summed E-state index contributed by atoms with van der Waals surface area (Å²) in [5.74, 6) is 0.589. The average Bonchev–Trinajstić information content (AvgIpc) is 2.79. The maximum atomic E-state index is 13.0. The van der Waals surface area contributed by atoms with Crippen LogP contribution in [0.15, 0.2) is 42.6 Å². The summed E-state index contributed by atoms with van der Waals surface area (Å²) in [6.45, 7) is 3.03. The number of likely N-dealkylation sites (tertiary alicyclic amines) is 1. The first-order valence-corrected chi connectivity index (χ1v) is 10.4. The van der Waals surface area contributed by atoms with Gasteiger partial charge in [0, 0.05) is 38.0 Å². The molecule has 0 aliphatic carbocycles. The van der Waals surface area contributed by atoms with Crippen molar-refractivity contribution < 1.29 is 18.7 Å². The van der Waals surface area contributed by atoms with E-state index in [1.54, 1.807) is 31.3 Å². The molecule has 1 fully saturated rings. The van der Waals surface area contributed by atoms with Crippen LogP contribution < -0.4 is 10.1 Å². The fraction of sp³-hybridized carbons (Fsp3) is 0.435. The first-order valence-electron chi connectivity index (χ1n) is 10.4. The van der Waals surface area contributed by atoms with Gasteiger partial charge in [0.2, 0.25) is 5.88 Å². The van der Waals surface area contributed by atoms with Crippen LogP contribution in [0.2, 0.25) is 0 Å². The number of carbonyl (C=O) groups excluding carboxylic acids is 2. The minimum Gasteiger partial charge on any atom is -0.481 e. The van der Waals surface area contributed by atoms with E-state index < -0.39 is 0 Å². The van der Waals surface area contributed by atoms with Crippen molar-refractivity contribution in [1.29, 1.82) is 0 Å². The second-order valence-corrected chi connectivity index (χ2v) is 7.90. The predicted molar refractivity (Wildman–Crippen MR) is 116 cm³/mol. The van der Waals surface area contributed by atoms with Gasteiger partial charge in [-0.3, -0.25) is 9.69 Å². The third-order valence-corrected chi connectivity index (χ3v) is 5.56. The zero-order valence-corrected chi connectivity index (χ0v) is 18.0. The number of hydrogen-bond acceptors (Lipinski definition) is 5. The Hall–Kier alpha value is -3.00. The first kappa shape index (κ1) is 22.7. The van der Waals surface area contributed by atoms with Crippen molar-refractivity contribution in [3.63, 3.8) is 0 Å². The number of amides is 2. The molecule has 1 saturated heterocycles. The third-order valence-electron chi connectivity index (χ3n) is 5.56. The summed E-state index contributed by atoms with van der Waals surface area (Å²) < 4.78 is 18.0. The number of nitrogens with one attached hydrogen (secondary N) is 1. The largest absolute Gasteiger partial charge is 0.481 e. The van der Waals surface area contributed by atoms with Crippen molar-refractivity contribution in [1.82, 2.24) is 20.1 Å². The maximum Gasteiger partial charge on any atom is 0.317 e. The van der Waals surface area contributed by atoms with Crippen molar-refractivity contribution in [3.05, 3.63) is 59.5 Å².